The van der Waals surface area contributed by atoms with Gasteiger partial charge in [-0.05, 0) is 35.6 Å². The molecule has 0 spiro atoms. The highest BCUT2D eigenvalue weighted by molar-refractivity contribution is 7.14. The normalized spacial score (nSPS) is 17.4. The topological polar surface area (TPSA) is 76.0 Å². The molecule has 0 amide bonds. The second-order valence-corrected chi connectivity index (χ2v) is 8.68. The molecule has 1 aromatic heterocycles. The number of carbonyl (C=O) groups is 2. The van der Waals surface area contributed by atoms with Crippen LogP contribution in [0.25, 0.3) is 0 Å². The van der Waals surface area contributed by atoms with E-state index < -0.39 is 5.97 Å². The number of ether oxygens (including phenoxy) is 1. The molecule has 0 saturated heterocycles. The first-order chi connectivity index (χ1) is 12.1. The van der Waals surface area contributed by atoms with Gasteiger partial charge in [-0.1, -0.05) is 27.7 Å². The molecule has 26 heavy (non-hydrogen) atoms. The summed E-state index contributed by atoms with van der Waals surface area (Å²) in [5.41, 5.74) is 1.36. The minimum Gasteiger partial charge on any atom is -0.511 e. The highest BCUT2D eigenvalue weighted by Gasteiger charge is 2.32. The fraction of sp³-hybridized carbons (Fsp3) is 0.550. The smallest absolute Gasteiger partial charge is 0.341 e. The summed E-state index contributed by atoms with van der Waals surface area (Å²) in [5.74, 6) is -0.0693. The molecular formula is C20H27NO4S. The number of Topliss-reactive ketones (excluding diaryl/α,β-unsaturated/α-hetero) is 1. The molecule has 0 fully saturated rings. The van der Waals surface area contributed by atoms with Crippen LogP contribution in [0.4, 0.5) is 5.00 Å². The van der Waals surface area contributed by atoms with Crippen molar-refractivity contribution >= 4 is 34.3 Å². The van der Waals surface area contributed by atoms with Gasteiger partial charge in [0, 0.05) is 19.1 Å². The lowest BCUT2D eigenvalue weighted by Gasteiger charge is -2.28. The van der Waals surface area contributed by atoms with Crippen molar-refractivity contribution in [3.63, 3.8) is 0 Å². The van der Waals surface area contributed by atoms with Crippen LogP contribution in [0.2, 0.25) is 0 Å². The summed E-state index contributed by atoms with van der Waals surface area (Å²) in [4.78, 5) is 29.1. The van der Waals surface area contributed by atoms with Gasteiger partial charge < -0.3 is 9.84 Å². The number of allylic oxidation sites excluding steroid dienone is 2. The van der Waals surface area contributed by atoms with Gasteiger partial charge in [-0.25, -0.2) is 9.79 Å². The van der Waals surface area contributed by atoms with E-state index in [0.29, 0.717) is 35.9 Å². The molecule has 2 rings (SSSR count). The third-order valence-corrected chi connectivity index (χ3v) is 5.10. The van der Waals surface area contributed by atoms with Gasteiger partial charge in [0.2, 0.25) is 0 Å². The highest BCUT2D eigenvalue weighted by atomic mass is 32.1. The van der Waals surface area contributed by atoms with Gasteiger partial charge in [0.05, 0.1) is 17.7 Å². The van der Waals surface area contributed by atoms with Gasteiger partial charge in [-0.2, -0.15) is 0 Å². The SMILES string of the molecule is CCOC(=O)c1c(CC(C)C)csc1/N=C/C1=C(O)CC(C)(C)CC1=O. The fourth-order valence-electron chi connectivity index (χ4n) is 3.06. The minimum absolute atomic E-state index is 0.0617. The second-order valence-electron chi connectivity index (χ2n) is 7.82. The van der Waals surface area contributed by atoms with E-state index in [1.54, 1.807) is 6.92 Å². The van der Waals surface area contributed by atoms with Crippen LogP contribution >= 0.6 is 11.3 Å². The van der Waals surface area contributed by atoms with Crippen molar-refractivity contribution in [3.05, 3.63) is 27.8 Å². The van der Waals surface area contributed by atoms with Crippen LogP contribution in [0.15, 0.2) is 21.7 Å². The Bertz CT molecular complexity index is 756. The van der Waals surface area contributed by atoms with Gasteiger partial charge in [-0.15, -0.1) is 11.3 Å². The molecule has 1 aliphatic carbocycles. The van der Waals surface area contributed by atoms with E-state index >= 15 is 0 Å². The molecule has 1 heterocycles. The molecule has 0 aromatic carbocycles. The summed E-state index contributed by atoms with van der Waals surface area (Å²) in [6, 6.07) is 0. The van der Waals surface area contributed by atoms with E-state index in [1.807, 2.05) is 19.2 Å². The molecule has 142 valence electrons. The molecule has 0 unspecified atom stereocenters. The van der Waals surface area contributed by atoms with E-state index in [9.17, 15) is 14.7 Å². The molecule has 6 heteroatoms. The number of carbonyl (C=O) groups excluding carboxylic acids is 2. The highest BCUT2D eigenvalue weighted by Crippen LogP contribution is 2.36. The van der Waals surface area contributed by atoms with Crippen LogP contribution < -0.4 is 0 Å². The Morgan fingerprint density at radius 3 is 2.69 bits per heavy atom. The van der Waals surface area contributed by atoms with Crippen molar-refractivity contribution in [3.8, 4) is 0 Å². The van der Waals surface area contributed by atoms with Crippen LogP contribution in [0.3, 0.4) is 0 Å². The van der Waals surface area contributed by atoms with Crippen molar-refractivity contribution in [1.82, 2.24) is 0 Å². The molecule has 1 N–H and O–H groups in total. The maximum atomic E-state index is 12.4. The Balaban J connectivity index is 2.37. The fourth-order valence-corrected chi connectivity index (χ4v) is 3.97. The zero-order valence-corrected chi connectivity index (χ0v) is 16.9. The molecule has 5 nitrogen and oxygen atoms in total. The summed E-state index contributed by atoms with van der Waals surface area (Å²) in [5, 5.41) is 12.6. The lowest BCUT2D eigenvalue weighted by Crippen LogP contribution is -2.26. The van der Waals surface area contributed by atoms with Crippen molar-refractivity contribution < 1.29 is 19.4 Å². The van der Waals surface area contributed by atoms with Crippen molar-refractivity contribution in [1.29, 1.82) is 0 Å². The molecule has 1 aromatic rings. The Kier molecular flexibility index (Phi) is 6.39. The number of esters is 1. The number of hydrogen-bond acceptors (Lipinski definition) is 6. The lowest BCUT2D eigenvalue weighted by atomic mass is 9.77. The standard InChI is InChI=1S/C20H27NO4S/c1-6-25-19(24)17-13(7-12(2)3)11-26-18(17)21-10-14-15(22)8-20(4,5)9-16(14)23/h10-12,22H,6-9H2,1-5H3/b21-10+. The number of ketones is 1. The van der Waals surface area contributed by atoms with Crippen LogP contribution in [0.5, 0.6) is 0 Å². The zero-order chi connectivity index (χ0) is 19.5. The number of rotatable bonds is 6. The van der Waals surface area contributed by atoms with Gasteiger partial charge in [-0.3, -0.25) is 4.79 Å². The monoisotopic (exact) mass is 377 g/mol. The molecule has 0 aliphatic heterocycles. The van der Waals surface area contributed by atoms with Gasteiger partial charge in [0.25, 0.3) is 0 Å². The first-order valence-electron chi connectivity index (χ1n) is 8.91. The van der Waals surface area contributed by atoms with E-state index in [2.05, 4.69) is 18.8 Å². The van der Waals surface area contributed by atoms with Crippen molar-refractivity contribution in [2.45, 2.75) is 53.9 Å². The molecule has 0 radical (unpaired) electrons. The third-order valence-electron chi connectivity index (χ3n) is 4.16. The number of aliphatic imine (C=N–C) groups is 1. The van der Waals surface area contributed by atoms with Crippen molar-refractivity contribution in [2.24, 2.45) is 16.3 Å². The molecule has 0 saturated carbocycles. The first-order valence-corrected chi connectivity index (χ1v) is 9.79. The Morgan fingerprint density at radius 1 is 1.42 bits per heavy atom. The van der Waals surface area contributed by atoms with Crippen LogP contribution in [0.1, 0.15) is 63.4 Å². The predicted octanol–water partition coefficient (Wildman–Crippen LogP) is 5.03. The quantitative estimate of drug-likeness (QED) is 0.557. The summed E-state index contributed by atoms with van der Waals surface area (Å²) in [7, 11) is 0. The zero-order valence-electron chi connectivity index (χ0n) is 16.1. The Hall–Kier alpha value is -1.95. The first kappa shape index (κ1) is 20.4. The number of thiophene rings is 1. The average molecular weight is 378 g/mol. The third kappa shape index (κ3) is 4.81. The number of aliphatic hydroxyl groups excluding tert-OH is 1. The number of hydrogen-bond donors (Lipinski definition) is 1. The van der Waals surface area contributed by atoms with E-state index in [-0.39, 0.29) is 22.5 Å². The van der Waals surface area contributed by atoms with E-state index in [4.69, 9.17) is 4.74 Å². The average Bonchev–Trinajstić information content (AvgIpc) is 2.87. The summed E-state index contributed by atoms with van der Waals surface area (Å²) in [6.07, 6.45) is 2.95. The Labute approximate surface area is 158 Å². The number of aliphatic hydroxyl groups is 1. The summed E-state index contributed by atoms with van der Waals surface area (Å²) >= 11 is 1.35. The second kappa shape index (κ2) is 8.16. The summed E-state index contributed by atoms with van der Waals surface area (Å²) in [6.45, 7) is 10.1. The van der Waals surface area contributed by atoms with Gasteiger partial charge in [0.15, 0.2) is 5.78 Å². The molecule has 0 bridgehead atoms. The maximum absolute atomic E-state index is 12.4. The van der Waals surface area contributed by atoms with Crippen LogP contribution in [-0.4, -0.2) is 29.7 Å². The Morgan fingerprint density at radius 2 is 2.12 bits per heavy atom. The number of nitrogens with zero attached hydrogens (tertiary/aromatic N) is 1. The van der Waals surface area contributed by atoms with Crippen molar-refractivity contribution in [2.75, 3.05) is 6.61 Å². The molecular weight excluding hydrogens is 350 g/mol. The minimum atomic E-state index is -0.397. The maximum Gasteiger partial charge on any atom is 0.341 e. The van der Waals surface area contributed by atoms with Gasteiger partial charge >= 0.3 is 5.97 Å². The summed E-state index contributed by atoms with van der Waals surface area (Å²) < 4.78 is 5.18. The lowest BCUT2D eigenvalue weighted by molar-refractivity contribution is -0.117. The molecule has 1 aliphatic rings. The van der Waals surface area contributed by atoms with E-state index in [1.165, 1.54) is 17.6 Å². The largest absolute Gasteiger partial charge is 0.511 e. The van der Waals surface area contributed by atoms with Gasteiger partial charge in [0.1, 0.15) is 10.8 Å². The molecule has 0 atom stereocenters. The van der Waals surface area contributed by atoms with Crippen LogP contribution in [0, 0.1) is 11.3 Å². The van der Waals surface area contributed by atoms with E-state index in [0.717, 1.165) is 12.0 Å². The van der Waals surface area contributed by atoms with Crippen LogP contribution in [-0.2, 0) is 16.0 Å². The predicted molar refractivity (Wildman–Crippen MR) is 105 cm³/mol.